The zero-order chi connectivity index (χ0) is 27.6. The molecule has 1 fully saturated rings. The van der Waals surface area contributed by atoms with Gasteiger partial charge in [-0.3, -0.25) is 0 Å². The van der Waals surface area contributed by atoms with E-state index in [1.807, 2.05) is 0 Å². The van der Waals surface area contributed by atoms with Crippen LogP contribution < -0.4 is 10.6 Å². The maximum atomic E-state index is 13.7. The molecule has 0 aliphatic carbocycles. The van der Waals surface area contributed by atoms with Gasteiger partial charge in [0.2, 0.25) is 5.95 Å². The lowest BCUT2D eigenvalue weighted by Crippen LogP contribution is -2.40. The van der Waals surface area contributed by atoms with Gasteiger partial charge in [-0.2, -0.15) is 23.4 Å². The van der Waals surface area contributed by atoms with Crippen LogP contribution in [-0.2, 0) is 21.9 Å². The highest BCUT2D eigenvalue weighted by molar-refractivity contribution is 9.10. The fourth-order valence-corrected chi connectivity index (χ4v) is 4.93. The lowest BCUT2D eigenvalue weighted by molar-refractivity contribution is -0.137. The minimum Gasteiger partial charge on any atom is -0.413 e. The maximum absolute atomic E-state index is 13.7. The number of alkyl halides is 3. The number of hydrogen-bond donors (Lipinski definition) is 2. The Balaban J connectivity index is 1.89. The first kappa shape index (κ1) is 29.6. The van der Waals surface area contributed by atoms with Crippen molar-refractivity contribution in [3.05, 3.63) is 39.0 Å². The molecule has 1 aliphatic heterocycles. The van der Waals surface area contributed by atoms with Gasteiger partial charge in [0.25, 0.3) is 0 Å². The number of rotatable bonds is 7. The van der Waals surface area contributed by atoms with E-state index in [0.717, 1.165) is 5.56 Å². The summed E-state index contributed by atoms with van der Waals surface area (Å²) in [7, 11) is -2.04. The van der Waals surface area contributed by atoms with Crippen molar-refractivity contribution in [1.29, 1.82) is 5.26 Å². The largest absolute Gasteiger partial charge is 0.421 e. The number of anilines is 3. The van der Waals surface area contributed by atoms with Gasteiger partial charge in [0.15, 0.2) is 8.32 Å². The van der Waals surface area contributed by atoms with Gasteiger partial charge in [-0.15, -0.1) is 0 Å². The van der Waals surface area contributed by atoms with Crippen molar-refractivity contribution < 1.29 is 22.3 Å². The normalized spacial score (nSPS) is 18.8. The fraction of sp³-hybridized carbons (Fsp3) is 0.542. The molecule has 7 nitrogen and oxygen atoms in total. The summed E-state index contributed by atoms with van der Waals surface area (Å²) in [6.45, 7) is 11.5. The molecule has 2 atom stereocenters. The van der Waals surface area contributed by atoms with Gasteiger partial charge in [0.1, 0.15) is 11.4 Å². The molecule has 1 aliphatic rings. The molecule has 1 saturated heterocycles. The Kier molecular flexibility index (Phi) is 9.17. The Labute approximate surface area is 229 Å². The van der Waals surface area contributed by atoms with Crippen molar-refractivity contribution in [1.82, 2.24) is 9.97 Å². The summed E-state index contributed by atoms with van der Waals surface area (Å²) >= 11 is 9.92. The molecule has 0 radical (unpaired) electrons. The monoisotopic (exact) mass is 619 g/mol. The zero-order valence-electron chi connectivity index (χ0n) is 21.3. The summed E-state index contributed by atoms with van der Waals surface area (Å²) in [6.07, 6.45) is -3.55. The van der Waals surface area contributed by atoms with Crippen LogP contribution in [0.25, 0.3) is 0 Å². The van der Waals surface area contributed by atoms with Crippen LogP contribution in [0, 0.1) is 17.2 Å². The number of aromatic nitrogens is 2. The summed E-state index contributed by atoms with van der Waals surface area (Å²) in [5.74, 6) is -0.990. The summed E-state index contributed by atoms with van der Waals surface area (Å²) < 4.78 is 53.4. The van der Waals surface area contributed by atoms with Gasteiger partial charge in [0, 0.05) is 23.0 Å². The minimum absolute atomic E-state index is 0.0184. The van der Waals surface area contributed by atoms with Crippen LogP contribution in [0.3, 0.4) is 0 Å². The van der Waals surface area contributed by atoms with E-state index in [0.29, 0.717) is 41.0 Å². The third-order valence-corrected chi connectivity index (χ3v) is 12.6. The number of nitriles is 1. The number of nitrogens with one attached hydrogen (secondary N) is 2. The Morgan fingerprint density at radius 2 is 2.00 bits per heavy atom. The fourth-order valence-electron chi connectivity index (χ4n) is 3.40. The molecule has 0 bridgehead atoms. The highest BCUT2D eigenvalue weighted by atomic mass is 79.9. The first-order chi connectivity index (χ1) is 17.1. The number of ether oxygens (including phenoxy) is 1. The summed E-state index contributed by atoms with van der Waals surface area (Å²) in [5.41, 5.74) is 0.238. The van der Waals surface area contributed by atoms with Gasteiger partial charge in [-0.05, 0) is 58.2 Å². The predicted molar refractivity (Wildman–Crippen MR) is 143 cm³/mol. The summed E-state index contributed by atoms with van der Waals surface area (Å²) in [5, 5.41) is 15.5. The Hall–Kier alpha value is -1.91. The van der Waals surface area contributed by atoms with Crippen LogP contribution in [0.15, 0.2) is 22.8 Å². The van der Waals surface area contributed by atoms with Crippen molar-refractivity contribution in [3.8, 4) is 6.07 Å². The summed E-state index contributed by atoms with van der Waals surface area (Å²) in [6, 6.07) is 4.90. The van der Waals surface area contributed by atoms with E-state index in [4.69, 9.17) is 20.8 Å². The molecule has 0 amide bonds. The Morgan fingerprint density at radius 3 is 2.62 bits per heavy atom. The van der Waals surface area contributed by atoms with Crippen molar-refractivity contribution in [2.75, 3.05) is 23.8 Å². The topological polar surface area (TPSA) is 92.1 Å². The van der Waals surface area contributed by atoms with E-state index in [2.05, 4.69) is 76.5 Å². The molecular weight excluding hydrogens is 591 g/mol. The lowest BCUT2D eigenvalue weighted by atomic mass is 9.96. The molecular formula is C24H30BrClF3N5O2Si. The van der Waals surface area contributed by atoms with Crippen molar-refractivity contribution in [2.45, 2.75) is 64.1 Å². The van der Waals surface area contributed by atoms with Gasteiger partial charge in [-0.1, -0.05) is 32.4 Å². The van der Waals surface area contributed by atoms with Crippen LogP contribution in [0.4, 0.5) is 30.6 Å². The molecule has 0 spiro atoms. The molecule has 3 rings (SSSR count). The molecule has 202 valence electrons. The third-order valence-electron chi connectivity index (χ3n) is 6.69. The van der Waals surface area contributed by atoms with Crippen LogP contribution in [0.5, 0.6) is 0 Å². The zero-order valence-corrected chi connectivity index (χ0v) is 24.6. The van der Waals surface area contributed by atoms with E-state index in [9.17, 15) is 18.4 Å². The molecule has 0 saturated carbocycles. The maximum Gasteiger partial charge on any atom is 0.421 e. The molecule has 2 unspecified atom stereocenters. The lowest BCUT2D eigenvalue weighted by Gasteiger charge is -2.36. The number of benzene rings is 1. The minimum atomic E-state index is -4.69. The van der Waals surface area contributed by atoms with Gasteiger partial charge in [-0.25, -0.2) is 4.98 Å². The number of halogens is 5. The Morgan fingerprint density at radius 1 is 1.30 bits per heavy atom. The second kappa shape index (κ2) is 11.5. The first-order valence-corrected chi connectivity index (χ1v) is 15.8. The molecule has 13 heteroatoms. The quantitative estimate of drug-likeness (QED) is 0.309. The van der Waals surface area contributed by atoms with Crippen LogP contribution >= 0.6 is 27.5 Å². The highest BCUT2D eigenvalue weighted by Gasteiger charge is 2.38. The first-order valence-electron chi connectivity index (χ1n) is 11.7. The second-order valence-corrected chi connectivity index (χ2v) is 16.4. The van der Waals surface area contributed by atoms with Crippen molar-refractivity contribution in [3.63, 3.8) is 0 Å². The van der Waals surface area contributed by atoms with Crippen molar-refractivity contribution >= 4 is 53.3 Å². The van der Waals surface area contributed by atoms with E-state index in [1.165, 1.54) is 0 Å². The summed E-state index contributed by atoms with van der Waals surface area (Å²) in [4.78, 5) is 7.97. The third kappa shape index (κ3) is 7.35. The average molecular weight is 621 g/mol. The van der Waals surface area contributed by atoms with E-state index >= 15 is 0 Å². The van der Waals surface area contributed by atoms with Crippen LogP contribution in [-0.4, -0.2) is 37.5 Å². The van der Waals surface area contributed by atoms with E-state index < -0.39 is 37.8 Å². The van der Waals surface area contributed by atoms with E-state index in [1.54, 1.807) is 12.1 Å². The van der Waals surface area contributed by atoms with Crippen LogP contribution in [0.2, 0.25) is 23.2 Å². The number of hydrogen-bond acceptors (Lipinski definition) is 7. The van der Waals surface area contributed by atoms with E-state index in [-0.39, 0.29) is 17.6 Å². The van der Waals surface area contributed by atoms with Gasteiger partial charge < -0.3 is 19.8 Å². The standard InChI is InChI=1S/C24H30BrClF3N5O2Si/c1-23(2,3)37(4,5)36-12-15-8-16(9-18(26)20(15)25)32-22-31-11-17(24(27,28)29)21(34-22)33-19-13-35-7-6-14(19)10-30/h8-9,11,14,19H,6-7,12-13H2,1-5H3,(H2,31,32,33,34). The smallest absolute Gasteiger partial charge is 0.413 e. The molecule has 2 heterocycles. The predicted octanol–water partition coefficient (Wildman–Crippen LogP) is 7.52. The Bertz CT molecular complexity index is 1170. The highest BCUT2D eigenvalue weighted by Crippen LogP contribution is 2.39. The average Bonchev–Trinajstić information content (AvgIpc) is 2.79. The van der Waals surface area contributed by atoms with Gasteiger partial charge >= 0.3 is 6.18 Å². The molecule has 1 aromatic carbocycles. The molecule has 37 heavy (non-hydrogen) atoms. The van der Waals surface area contributed by atoms with Crippen LogP contribution in [0.1, 0.15) is 38.3 Å². The molecule has 2 N–H and O–H groups in total. The number of nitrogens with zero attached hydrogens (tertiary/aromatic N) is 3. The van der Waals surface area contributed by atoms with Gasteiger partial charge in [0.05, 0.1) is 36.3 Å². The van der Waals surface area contributed by atoms with Crippen molar-refractivity contribution in [2.24, 2.45) is 5.92 Å². The molecule has 2 aromatic rings. The SMILES string of the molecule is CC(C)(C)[Si](C)(C)OCc1cc(Nc2ncc(C(F)(F)F)c(NC3COCCC3C#N)n2)cc(Cl)c1Br. The second-order valence-electron chi connectivity index (χ2n) is 10.4. The molecule has 1 aromatic heterocycles.